The molecule has 0 saturated carbocycles. The van der Waals surface area contributed by atoms with Crippen LogP contribution in [0.4, 0.5) is 0 Å². The van der Waals surface area contributed by atoms with E-state index in [2.05, 4.69) is 26.0 Å². The highest BCUT2D eigenvalue weighted by Crippen LogP contribution is 2.27. The van der Waals surface area contributed by atoms with E-state index in [4.69, 9.17) is 4.42 Å². The van der Waals surface area contributed by atoms with Crippen LogP contribution in [0.15, 0.2) is 34.7 Å². The third-order valence-electron chi connectivity index (χ3n) is 3.03. The van der Waals surface area contributed by atoms with Gasteiger partial charge in [-0.1, -0.05) is 18.2 Å². The zero-order chi connectivity index (χ0) is 12.4. The van der Waals surface area contributed by atoms with Gasteiger partial charge >= 0.3 is 0 Å². The molecule has 0 aliphatic carbocycles. The summed E-state index contributed by atoms with van der Waals surface area (Å²) in [5.74, 6) is 1.71. The minimum atomic E-state index is -0.368. The molecule has 0 bridgehead atoms. The van der Waals surface area contributed by atoms with Gasteiger partial charge in [-0.3, -0.25) is 0 Å². The summed E-state index contributed by atoms with van der Waals surface area (Å²) < 4.78 is 5.76. The second kappa shape index (κ2) is 4.76. The van der Waals surface area contributed by atoms with Crippen molar-refractivity contribution in [1.29, 1.82) is 0 Å². The molecule has 0 fully saturated rings. The van der Waals surface area contributed by atoms with Gasteiger partial charge in [-0.25, -0.2) is 0 Å². The van der Waals surface area contributed by atoms with Gasteiger partial charge in [0.05, 0.1) is 6.10 Å². The van der Waals surface area contributed by atoms with E-state index >= 15 is 0 Å². The lowest BCUT2D eigenvalue weighted by Crippen LogP contribution is -2.02. The molecule has 2 rings (SSSR count). The molecule has 0 aliphatic rings. The minimum Gasteiger partial charge on any atom is -0.461 e. The highest BCUT2D eigenvalue weighted by atomic mass is 16.3. The number of aryl methyl sites for hydroxylation is 1. The molecule has 0 amide bonds. The molecular formula is C15H18O2. The van der Waals surface area contributed by atoms with Gasteiger partial charge in [0, 0.05) is 12.0 Å². The van der Waals surface area contributed by atoms with Crippen LogP contribution in [0, 0.1) is 13.8 Å². The van der Waals surface area contributed by atoms with Crippen molar-refractivity contribution in [3.05, 3.63) is 47.2 Å². The van der Waals surface area contributed by atoms with Crippen LogP contribution >= 0.6 is 0 Å². The summed E-state index contributed by atoms with van der Waals surface area (Å²) in [6.07, 6.45) is 0.192. The molecule has 2 heteroatoms. The van der Waals surface area contributed by atoms with E-state index < -0.39 is 0 Å². The van der Waals surface area contributed by atoms with E-state index in [-0.39, 0.29) is 6.10 Å². The van der Waals surface area contributed by atoms with Gasteiger partial charge in [-0.2, -0.15) is 0 Å². The Morgan fingerprint density at radius 2 is 1.94 bits per heavy atom. The van der Waals surface area contributed by atoms with Gasteiger partial charge in [0.2, 0.25) is 0 Å². The monoisotopic (exact) mass is 230 g/mol. The summed E-state index contributed by atoms with van der Waals surface area (Å²) in [6.45, 7) is 5.96. The number of aliphatic hydroxyl groups excluding tert-OH is 1. The molecule has 90 valence electrons. The zero-order valence-corrected chi connectivity index (χ0v) is 10.5. The molecule has 0 spiro atoms. The molecule has 2 nitrogen and oxygen atoms in total. The second-order valence-corrected chi connectivity index (χ2v) is 4.57. The van der Waals surface area contributed by atoms with Crippen LogP contribution < -0.4 is 0 Å². The predicted octanol–water partition coefficient (Wildman–Crippen LogP) is 3.49. The molecule has 1 aromatic carbocycles. The van der Waals surface area contributed by atoms with Crippen molar-refractivity contribution in [2.24, 2.45) is 0 Å². The number of benzene rings is 1. The van der Waals surface area contributed by atoms with Crippen LogP contribution in [0.2, 0.25) is 0 Å². The maximum absolute atomic E-state index is 9.32. The standard InChI is InChI=1S/C15H18O2/c1-10-5-4-6-14(12(10)3)15-8-7-13(17-15)9-11(2)16/h4-8,11,16H,9H2,1-3H3. The smallest absolute Gasteiger partial charge is 0.134 e. The van der Waals surface area contributed by atoms with Crippen molar-refractivity contribution in [1.82, 2.24) is 0 Å². The Balaban J connectivity index is 2.34. The fourth-order valence-electron chi connectivity index (χ4n) is 1.94. The lowest BCUT2D eigenvalue weighted by Gasteiger charge is -2.06. The lowest BCUT2D eigenvalue weighted by atomic mass is 10.0. The number of hydrogen-bond acceptors (Lipinski definition) is 2. The van der Waals surface area contributed by atoms with Crippen molar-refractivity contribution in [2.75, 3.05) is 0 Å². The molecular weight excluding hydrogens is 212 g/mol. The number of furan rings is 1. The third kappa shape index (κ3) is 2.59. The van der Waals surface area contributed by atoms with Crippen molar-refractivity contribution < 1.29 is 9.52 Å². The molecule has 1 N–H and O–H groups in total. The van der Waals surface area contributed by atoms with Crippen molar-refractivity contribution in [3.63, 3.8) is 0 Å². The quantitative estimate of drug-likeness (QED) is 0.875. The summed E-state index contributed by atoms with van der Waals surface area (Å²) in [5, 5.41) is 9.32. The molecule has 1 aromatic heterocycles. The van der Waals surface area contributed by atoms with Crippen LogP contribution in [0.1, 0.15) is 23.8 Å². The topological polar surface area (TPSA) is 33.4 Å². The first-order chi connectivity index (χ1) is 8.08. The SMILES string of the molecule is Cc1cccc(-c2ccc(CC(C)O)o2)c1C. The molecule has 17 heavy (non-hydrogen) atoms. The van der Waals surface area contributed by atoms with Crippen LogP contribution in [0.25, 0.3) is 11.3 Å². The zero-order valence-electron chi connectivity index (χ0n) is 10.5. The van der Waals surface area contributed by atoms with E-state index in [0.717, 1.165) is 17.1 Å². The molecule has 0 aliphatic heterocycles. The summed E-state index contributed by atoms with van der Waals surface area (Å²) in [5.41, 5.74) is 3.63. The largest absolute Gasteiger partial charge is 0.461 e. The van der Waals surface area contributed by atoms with Gasteiger partial charge in [-0.15, -0.1) is 0 Å². The average Bonchev–Trinajstić information content (AvgIpc) is 2.69. The van der Waals surface area contributed by atoms with Gasteiger partial charge in [0.15, 0.2) is 0 Å². The summed E-state index contributed by atoms with van der Waals surface area (Å²) in [6, 6.07) is 10.1. The van der Waals surface area contributed by atoms with E-state index in [1.54, 1.807) is 6.92 Å². The lowest BCUT2D eigenvalue weighted by molar-refractivity contribution is 0.187. The Bertz CT molecular complexity index is 509. The molecule has 0 saturated heterocycles. The number of hydrogen-bond donors (Lipinski definition) is 1. The fraction of sp³-hybridized carbons (Fsp3) is 0.333. The first-order valence-corrected chi connectivity index (χ1v) is 5.91. The summed E-state index contributed by atoms with van der Waals surface area (Å²) in [4.78, 5) is 0. The van der Waals surface area contributed by atoms with E-state index in [9.17, 15) is 5.11 Å². The van der Waals surface area contributed by atoms with E-state index in [1.807, 2.05) is 18.2 Å². The summed E-state index contributed by atoms with van der Waals surface area (Å²) in [7, 11) is 0. The average molecular weight is 230 g/mol. The van der Waals surface area contributed by atoms with Crippen LogP contribution in [-0.4, -0.2) is 11.2 Å². The normalized spacial score (nSPS) is 12.7. The molecule has 1 heterocycles. The Hall–Kier alpha value is -1.54. The van der Waals surface area contributed by atoms with Crippen LogP contribution in [-0.2, 0) is 6.42 Å². The first kappa shape index (κ1) is 11.9. The van der Waals surface area contributed by atoms with Crippen molar-refractivity contribution in [3.8, 4) is 11.3 Å². The van der Waals surface area contributed by atoms with Crippen molar-refractivity contribution in [2.45, 2.75) is 33.3 Å². The Morgan fingerprint density at radius 3 is 2.65 bits per heavy atom. The Labute approximate surface area is 102 Å². The van der Waals surface area contributed by atoms with Gasteiger partial charge in [-0.05, 0) is 44.0 Å². The maximum atomic E-state index is 9.32. The van der Waals surface area contributed by atoms with E-state index in [1.165, 1.54) is 11.1 Å². The molecule has 2 aromatic rings. The van der Waals surface area contributed by atoms with Crippen LogP contribution in [0.3, 0.4) is 0 Å². The third-order valence-corrected chi connectivity index (χ3v) is 3.03. The number of rotatable bonds is 3. The Kier molecular flexibility index (Phi) is 3.34. The maximum Gasteiger partial charge on any atom is 0.134 e. The summed E-state index contributed by atoms with van der Waals surface area (Å²) >= 11 is 0. The van der Waals surface area contributed by atoms with Crippen molar-refractivity contribution >= 4 is 0 Å². The highest BCUT2D eigenvalue weighted by molar-refractivity contribution is 5.63. The highest BCUT2D eigenvalue weighted by Gasteiger charge is 2.09. The molecule has 1 atom stereocenters. The van der Waals surface area contributed by atoms with Crippen LogP contribution in [0.5, 0.6) is 0 Å². The number of aliphatic hydroxyl groups is 1. The fourth-order valence-corrected chi connectivity index (χ4v) is 1.94. The van der Waals surface area contributed by atoms with Gasteiger partial charge in [0.25, 0.3) is 0 Å². The second-order valence-electron chi connectivity index (χ2n) is 4.57. The Morgan fingerprint density at radius 1 is 1.18 bits per heavy atom. The molecule has 0 radical (unpaired) electrons. The van der Waals surface area contributed by atoms with E-state index in [0.29, 0.717) is 6.42 Å². The predicted molar refractivity (Wildman–Crippen MR) is 69.0 cm³/mol. The first-order valence-electron chi connectivity index (χ1n) is 5.91. The minimum absolute atomic E-state index is 0.368. The van der Waals surface area contributed by atoms with Gasteiger partial charge < -0.3 is 9.52 Å². The van der Waals surface area contributed by atoms with Gasteiger partial charge in [0.1, 0.15) is 11.5 Å². The molecule has 1 unspecified atom stereocenters.